The molecule has 60 heavy (non-hydrogen) atoms. The maximum atomic E-state index is 12.8. The molecule has 0 spiro atoms. The van der Waals surface area contributed by atoms with Crippen molar-refractivity contribution in [2.24, 2.45) is 0 Å². The monoisotopic (exact) mass is 844 g/mol. The van der Waals surface area contributed by atoms with Crippen molar-refractivity contribution in [3.63, 3.8) is 0 Å². The van der Waals surface area contributed by atoms with E-state index in [2.05, 4.69) is 62.5 Å². The summed E-state index contributed by atoms with van der Waals surface area (Å²) in [6.07, 6.45) is 51.3. The summed E-state index contributed by atoms with van der Waals surface area (Å²) in [6.45, 7) is 4.56. The van der Waals surface area contributed by atoms with Gasteiger partial charge in [-0.25, -0.2) is 0 Å². The third-order valence-corrected chi connectivity index (χ3v) is 11.0. The number of esters is 2. The highest BCUT2D eigenvalue weighted by atomic mass is 16.6. The van der Waals surface area contributed by atoms with Crippen molar-refractivity contribution in [2.45, 2.75) is 225 Å². The first-order valence-electron chi connectivity index (χ1n) is 24.7. The summed E-state index contributed by atoms with van der Waals surface area (Å²) in [6, 6.07) is -0.729. The lowest BCUT2D eigenvalue weighted by atomic mass is 10.0. The third kappa shape index (κ3) is 40.7. The van der Waals surface area contributed by atoms with Crippen LogP contribution in [0.2, 0.25) is 0 Å². The Balaban J connectivity index is 4.29. The molecule has 8 heteroatoms. The molecule has 0 rings (SSSR count). The van der Waals surface area contributed by atoms with Gasteiger partial charge in [0, 0.05) is 19.3 Å². The highest BCUT2D eigenvalue weighted by Gasteiger charge is 2.25. The van der Waals surface area contributed by atoms with Gasteiger partial charge in [-0.15, -0.1) is 0 Å². The molecule has 0 bridgehead atoms. The number of aliphatic carboxylic acids is 1. The molecule has 0 radical (unpaired) electrons. The van der Waals surface area contributed by atoms with Gasteiger partial charge in [-0.1, -0.05) is 191 Å². The van der Waals surface area contributed by atoms with E-state index in [0.717, 1.165) is 77.0 Å². The lowest BCUT2D eigenvalue weighted by Crippen LogP contribution is -2.55. The van der Waals surface area contributed by atoms with Crippen LogP contribution in [-0.4, -0.2) is 75.5 Å². The van der Waals surface area contributed by atoms with Crippen LogP contribution in [-0.2, 0) is 28.6 Å². The SMILES string of the molecule is CC/C=C\C/C=C\C/C=C\C/C=C\CCCCCCCCC(=O)OC(COCCC(C(=O)[O-])[N+](C)(C)C)COC(=O)CCCCCCCCCCCCCCCCCCC. The number of carboxylic acid groups (broad SMARTS) is 1. The van der Waals surface area contributed by atoms with Gasteiger partial charge in [0.05, 0.1) is 40.3 Å². The predicted octanol–water partition coefficient (Wildman–Crippen LogP) is 12.6. The maximum Gasteiger partial charge on any atom is 0.306 e. The van der Waals surface area contributed by atoms with Gasteiger partial charge in [-0.05, 0) is 51.4 Å². The number of carbonyl (C=O) groups excluding carboxylic acids is 3. The number of hydrogen-bond acceptors (Lipinski definition) is 7. The van der Waals surface area contributed by atoms with E-state index in [1.54, 1.807) is 21.1 Å². The summed E-state index contributed by atoms with van der Waals surface area (Å²) >= 11 is 0. The van der Waals surface area contributed by atoms with Crippen molar-refractivity contribution < 1.29 is 38.2 Å². The molecular weight excluding hydrogens is 751 g/mol. The first-order valence-corrected chi connectivity index (χ1v) is 24.7. The van der Waals surface area contributed by atoms with Gasteiger partial charge in [0.25, 0.3) is 0 Å². The van der Waals surface area contributed by atoms with Crippen LogP contribution in [0.1, 0.15) is 213 Å². The van der Waals surface area contributed by atoms with E-state index in [1.807, 2.05) is 0 Å². The number of carboxylic acids is 1. The average molecular weight is 844 g/mol. The number of likely N-dealkylation sites (N-methyl/N-ethyl adjacent to an activating group) is 1. The number of quaternary nitrogens is 1. The summed E-state index contributed by atoms with van der Waals surface area (Å²) < 4.78 is 17.2. The Labute approximate surface area is 369 Å². The van der Waals surface area contributed by atoms with E-state index >= 15 is 0 Å². The molecule has 0 saturated carbocycles. The maximum absolute atomic E-state index is 12.8. The Bertz CT molecular complexity index is 1120. The van der Waals surface area contributed by atoms with Gasteiger partial charge >= 0.3 is 11.9 Å². The lowest BCUT2D eigenvalue weighted by Gasteiger charge is -2.34. The third-order valence-electron chi connectivity index (χ3n) is 11.0. The van der Waals surface area contributed by atoms with E-state index in [0.29, 0.717) is 12.8 Å². The Morgan fingerprint density at radius 3 is 1.38 bits per heavy atom. The summed E-state index contributed by atoms with van der Waals surface area (Å²) in [5.74, 6) is -1.75. The van der Waals surface area contributed by atoms with Crippen LogP contribution in [0.3, 0.4) is 0 Å². The molecule has 2 unspecified atom stereocenters. The van der Waals surface area contributed by atoms with Crippen LogP contribution in [0.15, 0.2) is 48.6 Å². The van der Waals surface area contributed by atoms with Crippen LogP contribution in [0.5, 0.6) is 0 Å². The Morgan fingerprint density at radius 1 is 0.517 bits per heavy atom. The summed E-state index contributed by atoms with van der Waals surface area (Å²) in [7, 11) is 5.41. The largest absolute Gasteiger partial charge is 0.544 e. The molecule has 0 aromatic carbocycles. The Hall–Kier alpha value is -2.71. The summed E-state index contributed by atoms with van der Waals surface area (Å²) in [4.78, 5) is 37.0. The van der Waals surface area contributed by atoms with Crippen molar-refractivity contribution in [3.05, 3.63) is 48.6 Å². The van der Waals surface area contributed by atoms with Crippen LogP contribution in [0.25, 0.3) is 0 Å². The zero-order valence-corrected chi connectivity index (χ0v) is 39.6. The number of hydrogen-bond donors (Lipinski definition) is 0. The average Bonchev–Trinajstić information content (AvgIpc) is 3.21. The number of unbranched alkanes of at least 4 members (excludes halogenated alkanes) is 22. The van der Waals surface area contributed by atoms with Crippen molar-refractivity contribution in [1.82, 2.24) is 0 Å². The lowest BCUT2D eigenvalue weighted by molar-refractivity contribution is -0.889. The molecule has 0 aliphatic rings. The molecule has 0 aliphatic carbocycles. The van der Waals surface area contributed by atoms with E-state index in [1.165, 1.54) is 103 Å². The number of ether oxygens (including phenoxy) is 3. The predicted molar refractivity (Wildman–Crippen MR) is 250 cm³/mol. The number of rotatable bonds is 44. The first kappa shape index (κ1) is 57.3. The van der Waals surface area contributed by atoms with Gasteiger partial charge in [0.1, 0.15) is 12.6 Å². The summed E-state index contributed by atoms with van der Waals surface area (Å²) in [5, 5.41) is 11.7. The quantitative estimate of drug-likeness (QED) is 0.0260. The second-order valence-electron chi connectivity index (χ2n) is 17.7. The van der Waals surface area contributed by atoms with Crippen LogP contribution in [0.4, 0.5) is 0 Å². The number of carbonyl (C=O) groups is 3. The minimum absolute atomic E-state index is 0.0360. The van der Waals surface area contributed by atoms with Gasteiger partial charge in [-0.2, -0.15) is 0 Å². The van der Waals surface area contributed by atoms with Crippen molar-refractivity contribution in [2.75, 3.05) is 41.0 Å². The van der Waals surface area contributed by atoms with Crippen molar-refractivity contribution in [3.8, 4) is 0 Å². The first-order chi connectivity index (χ1) is 29.1. The van der Waals surface area contributed by atoms with Gasteiger partial charge in [0.2, 0.25) is 0 Å². The standard InChI is InChI=1S/C52H93NO7/c1-6-8-10-12-14-16-18-20-22-24-25-27-29-31-33-35-37-39-41-43-51(55)60-48(46-58-45-44-49(52(56)57)53(3,4)5)47-59-50(54)42-40-38-36-34-32-30-28-26-23-21-19-17-15-13-11-9-7-2/h8,10,14,16,20,22,25,27,48-49H,6-7,9,11-13,15,17-19,21,23-24,26,28-47H2,1-5H3/b10-8-,16-14-,22-20-,27-25-. The fraction of sp³-hybridized carbons (Fsp3) is 0.788. The van der Waals surface area contributed by atoms with Crippen LogP contribution >= 0.6 is 0 Å². The molecule has 0 N–H and O–H groups in total. The molecule has 0 saturated heterocycles. The highest BCUT2D eigenvalue weighted by molar-refractivity contribution is 5.70. The van der Waals surface area contributed by atoms with Gasteiger partial charge < -0.3 is 28.6 Å². The van der Waals surface area contributed by atoms with Crippen LogP contribution < -0.4 is 5.11 Å². The normalized spacial score (nSPS) is 13.3. The highest BCUT2D eigenvalue weighted by Crippen LogP contribution is 2.16. The van der Waals surface area contributed by atoms with E-state index in [9.17, 15) is 19.5 Å². The number of allylic oxidation sites excluding steroid dienone is 8. The molecule has 2 atom stereocenters. The van der Waals surface area contributed by atoms with Crippen molar-refractivity contribution in [1.29, 1.82) is 0 Å². The molecule has 0 heterocycles. The minimum Gasteiger partial charge on any atom is -0.544 e. The zero-order valence-electron chi connectivity index (χ0n) is 39.6. The fourth-order valence-electron chi connectivity index (χ4n) is 7.18. The topological polar surface area (TPSA) is 102 Å². The Morgan fingerprint density at radius 2 is 0.933 bits per heavy atom. The van der Waals surface area contributed by atoms with Crippen molar-refractivity contribution >= 4 is 17.9 Å². The molecule has 0 amide bonds. The molecule has 348 valence electrons. The van der Waals surface area contributed by atoms with Gasteiger partial charge in [0.15, 0.2) is 6.10 Å². The van der Waals surface area contributed by atoms with Gasteiger partial charge in [-0.3, -0.25) is 9.59 Å². The molecular formula is C52H93NO7. The molecule has 0 aromatic rings. The summed E-state index contributed by atoms with van der Waals surface area (Å²) in [5.41, 5.74) is 0. The van der Waals surface area contributed by atoms with E-state index in [-0.39, 0.29) is 42.7 Å². The van der Waals surface area contributed by atoms with Crippen LogP contribution in [0, 0.1) is 0 Å². The number of nitrogens with zero attached hydrogens (tertiary/aromatic N) is 1. The molecule has 0 fully saturated rings. The second-order valence-corrected chi connectivity index (χ2v) is 17.7. The molecule has 8 nitrogen and oxygen atoms in total. The molecule has 0 aromatic heterocycles. The minimum atomic E-state index is -1.13. The second kappa shape index (κ2) is 43.0. The smallest absolute Gasteiger partial charge is 0.306 e. The fourth-order valence-corrected chi connectivity index (χ4v) is 7.18. The Kier molecular flexibility index (Phi) is 41.0. The molecule has 0 aliphatic heterocycles. The van der Waals surface area contributed by atoms with E-state index in [4.69, 9.17) is 14.2 Å². The zero-order chi connectivity index (χ0) is 44.2. The van der Waals surface area contributed by atoms with E-state index < -0.39 is 18.1 Å².